The van der Waals surface area contributed by atoms with Gasteiger partial charge in [-0.05, 0) is 36.3 Å². The molecule has 0 spiro atoms. The van der Waals surface area contributed by atoms with Gasteiger partial charge in [0.25, 0.3) is 0 Å². The number of para-hydroxylation sites is 1. The second-order valence-corrected chi connectivity index (χ2v) is 5.07. The molecule has 0 radical (unpaired) electrons. The highest BCUT2D eigenvalue weighted by molar-refractivity contribution is 5.77. The van der Waals surface area contributed by atoms with Crippen LogP contribution in [-0.4, -0.2) is 5.97 Å². The van der Waals surface area contributed by atoms with Crippen LogP contribution in [0.4, 0.5) is 0 Å². The van der Waals surface area contributed by atoms with Gasteiger partial charge in [0.15, 0.2) is 0 Å². The van der Waals surface area contributed by atoms with Crippen LogP contribution in [0.15, 0.2) is 42.5 Å². The molecule has 2 bridgehead atoms. The van der Waals surface area contributed by atoms with E-state index in [0.717, 1.165) is 6.42 Å². The molecular formula is C15H16O2. The second kappa shape index (κ2) is 4.02. The first kappa shape index (κ1) is 10.6. The average molecular weight is 228 g/mol. The van der Waals surface area contributed by atoms with Crippen molar-refractivity contribution in [2.24, 2.45) is 23.7 Å². The molecule has 0 saturated heterocycles. The lowest BCUT2D eigenvalue weighted by molar-refractivity contribution is -0.141. The first-order chi connectivity index (χ1) is 8.25. The van der Waals surface area contributed by atoms with Crippen molar-refractivity contribution >= 4 is 5.97 Å². The summed E-state index contributed by atoms with van der Waals surface area (Å²) in [5, 5.41) is 0. The number of fused-ring (bicyclic) bond motifs is 2. The van der Waals surface area contributed by atoms with E-state index in [1.54, 1.807) is 0 Å². The summed E-state index contributed by atoms with van der Waals surface area (Å²) >= 11 is 0. The van der Waals surface area contributed by atoms with Crippen molar-refractivity contribution in [1.82, 2.24) is 0 Å². The van der Waals surface area contributed by atoms with Gasteiger partial charge in [-0.15, -0.1) is 0 Å². The third-order valence-corrected chi connectivity index (χ3v) is 4.09. The summed E-state index contributed by atoms with van der Waals surface area (Å²) in [5.41, 5.74) is 0. The van der Waals surface area contributed by atoms with E-state index >= 15 is 0 Å². The van der Waals surface area contributed by atoms with E-state index in [2.05, 4.69) is 19.1 Å². The van der Waals surface area contributed by atoms with Gasteiger partial charge >= 0.3 is 5.97 Å². The van der Waals surface area contributed by atoms with E-state index in [1.807, 2.05) is 30.3 Å². The Labute approximate surface area is 101 Å². The summed E-state index contributed by atoms with van der Waals surface area (Å²) in [7, 11) is 0. The minimum Gasteiger partial charge on any atom is -0.426 e. The fraction of sp³-hybridized carbons (Fsp3) is 0.400. The van der Waals surface area contributed by atoms with E-state index in [1.165, 1.54) is 0 Å². The molecule has 2 aliphatic rings. The molecule has 0 aliphatic heterocycles. The molecule has 17 heavy (non-hydrogen) atoms. The number of carbonyl (C=O) groups excluding carboxylic acids is 1. The monoisotopic (exact) mass is 228 g/mol. The van der Waals surface area contributed by atoms with Crippen LogP contribution in [0, 0.1) is 23.7 Å². The minimum absolute atomic E-state index is 0.0465. The van der Waals surface area contributed by atoms with Crippen LogP contribution in [0.3, 0.4) is 0 Å². The van der Waals surface area contributed by atoms with Crippen molar-refractivity contribution < 1.29 is 9.53 Å². The Kier molecular flexibility index (Phi) is 2.50. The number of rotatable bonds is 2. The summed E-state index contributed by atoms with van der Waals surface area (Å²) in [6, 6.07) is 9.33. The Balaban J connectivity index is 1.73. The van der Waals surface area contributed by atoms with E-state index in [0.29, 0.717) is 23.5 Å². The highest BCUT2D eigenvalue weighted by atomic mass is 16.5. The summed E-state index contributed by atoms with van der Waals surface area (Å²) in [6.45, 7) is 2.16. The van der Waals surface area contributed by atoms with Crippen LogP contribution in [0.1, 0.15) is 13.3 Å². The summed E-state index contributed by atoms with van der Waals surface area (Å²) in [4.78, 5) is 12.2. The molecule has 0 amide bonds. The van der Waals surface area contributed by atoms with E-state index in [-0.39, 0.29) is 11.9 Å². The summed E-state index contributed by atoms with van der Waals surface area (Å²) < 4.78 is 5.45. The smallest absolute Gasteiger partial charge is 0.315 e. The summed E-state index contributed by atoms with van der Waals surface area (Å²) in [5.74, 6) is 2.02. The maximum absolute atomic E-state index is 12.2. The van der Waals surface area contributed by atoms with Crippen LogP contribution in [0.2, 0.25) is 0 Å². The first-order valence-electron chi connectivity index (χ1n) is 6.21. The van der Waals surface area contributed by atoms with Gasteiger partial charge in [0.2, 0.25) is 0 Å². The second-order valence-electron chi connectivity index (χ2n) is 5.07. The Morgan fingerprint density at radius 1 is 1.18 bits per heavy atom. The Morgan fingerprint density at radius 2 is 1.88 bits per heavy atom. The molecule has 4 atom stereocenters. The Bertz CT molecular complexity index is 449. The third kappa shape index (κ3) is 1.78. The van der Waals surface area contributed by atoms with Gasteiger partial charge in [0.05, 0.1) is 5.92 Å². The number of esters is 1. The molecule has 0 N–H and O–H groups in total. The van der Waals surface area contributed by atoms with E-state index in [9.17, 15) is 4.79 Å². The van der Waals surface area contributed by atoms with Crippen LogP contribution in [0.25, 0.3) is 0 Å². The third-order valence-electron chi connectivity index (χ3n) is 4.09. The lowest BCUT2D eigenvalue weighted by Gasteiger charge is -2.22. The zero-order valence-electron chi connectivity index (χ0n) is 9.87. The maximum atomic E-state index is 12.2. The van der Waals surface area contributed by atoms with Crippen LogP contribution >= 0.6 is 0 Å². The fourth-order valence-corrected chi connectivity index (χ4v) is 3.13. The maximum Gasteiger partial charge on any atom is 0.315 e. The highest BCUT2D eigenvalue weighted by Gasteiger charge is 2.46. The van der Waals surface area contributed by atoms with E-state index in [4.69, 9.17) is 4.74 Å². The molecule has 0 aromatic heterocycles. The molecule has 88 valence electrons. The summed E-state index contributed by atoms with van der Waals surface area (Å²) in [6.07, 6.45) is 5.55. The molecule has 1 saturated carbocycles. The van der Waals surface area contributed by atoms with E-state index < -0.39 is 0 Å². The normalized spacial score (nSPS) is 33.9. The Hall–Kier alpha value is -1.57. The topological polar surface area (TPSA) is 26.3 Å². The Morgan fingerprint density at radius 3 is 2.53 bits per heavy atom. The lowest BCUT2D eigenvalue weighted by atomic mass is 9.84. The van der Waals surface area contributed by atoms with Gasteiger partial charge in [-0.3, -0.25) is 4.79 Å². The lowest BCUT2D eigenvalue weighted by Crippen LogP contribution is -2.29. The largest absolute Gasteiger partial charge is 0.426 e. The molecule has 1 aromatic carbocycles. The van der Waals surface area contributed by atoms with Crippen molar-refractivity contribution in [3.05, 3.63) is 42.5 Å². The first-order valence-corrected chi connectivity index (χ1v) is 6.21. The van der Waals surface area contributed by atoms with Gasteiger partial charge in [-0.1, -0.05) is 37.3 Å². The predicted molar refractivity (Wildman–Crippen MR) is 65.5 cm³/mol. The van der Waals surface area contributed by atoms with Gasteiger partial charge in [-0.2, -0.15) is 0 Å². The standard InChI is InChI=1S/C15H16O2/c1-10-11-7-8-12(9-11)14(10)15(16)17-13-5-3-2-4-6-13/h2-8,10-12,14H,9H2,1H3. The van der Waals surface area contributed by atoms with Crippen molar-refractivity contribution in [2.75, 3.05) is 0 Å². The zero-order valence-corrected chi connectivity index (χ0v) is 9.87. The molecule has 1 aromatic rings. The molecule has 2 nitrogen and oxygen atoms in total. The quantitative estimate of drug-likeness (QED) is 0.442. The number of ether oxygens (including phenoxy) is 1. The molecule has 2 aliphatic carbocycles. The number of hydrogen-bond acceptors (Lipinski definition) is 2. The van der Waals surface area contributed by atoms with Crippen LogP contribution in [-0.2, 0) is 4.79 Å². The van der Waals surface area contributed by atoms with Crippen molar-refractivity contribution in [2.45, 2.75) is 13.3 Å². The van der Waals surface area contributed by atoms with Crippen molar-refractivity contribution in [3.63, 3.8) is 0 Å². The molecule has 4 unspecified atom stereocenters. The molecular weight excluding hydrogens is 212 g/mol. The van der Waals surface area contributed by atoms with Gasteiger partial charge < -0.3 is 4.74 Å². The highest BCUT2D eigenvalue weighted by Crippen LogP contribution is 2.48. The van der Waals surface area contributed by atoms with Gasteiger partial charge in [0.1, 0.15) is 5.75 Å². The fourth-order valence-electron chi connectivity index (χ4n) is 3.13. The zero-order chi connectivity index (χ0) is 11.8. The van der Waals surface area contributed by atoms with Crippen LogP contribution < -0.4 is 4.74 Å². The number of benzene rings is 1. The average Bonchev–Trinajstić information content (AvgIpc) is 2.90. The minimum atomic E-state index is -0.0689. The number of allylic oxidation sites excluding steroid dienone is 2. The molecule has 3 rings (SSSR count). The van der Waals surface area contributed by atoms with Gasteiger partial charge in [-0.25, -0.2) is 0 Å². The molecule has 2 heteroatoms. The number of carbonyl (C=O) groups is 1. The predicted octanol–water partition coefficient (Wildman–Crippen LogP) is 3.05. The molecule has 1 fully saturated rings. The van der Waals surface area contributed by atoms with Crippen LogP contribution in [0.5, 0.6) is 5.75 Å². The molecule has 0 heterocycles. The SMILES string of the molecule is CC1C2C=CC(C2)C1C(=O)Oc1ccccc1. The van der Waals surface area contributed by atoms with Crippen molar-refractivity contribution in [1.29, 1.82) is 0 Å². The van der Waals surface area contributed by atoms with Gasteiger partial charge in [0, 0.05) is 0 Å². The van der Waals surface area contributed by atoms with Crippen molar-refractivity contribution in [3.8, 4) is 5.75 Å². The number of hydrogen-bond donors (Lipinski definition) is 0.